The lowest BCUT2D eigenvalue weighted by Gasteiger charge is -2.29. The Bertz CT molecular complexity index is 606. The molecule has 2 aliphatic heterocycles. The molecule has 6 heteroatoms. The number of hydrogen-bond acceptors (Lipinski definition) is 3. The van der Waals surface area contributed by atoms with E-state index in [-0.39, 0.29) is 10.9 Å². The molecule has 0 aromatic heterocycles. The molecule has 4 nitrogen and oxygen atoms in total. The summed E-state index contributed by atoms with van der Waals surface area (Å²) in [6, 6.07) is 5.94. The number of fused-ring (bicyclic) bond motifs is 2. The molecule has 110 valence electrons. The highest BCUT2D eigenvalue weighted by Gasteiger charge is 2.35. The number of benzene rings is 1. The highest BCUT2D eigenvalue weighted by atomic mass is 35.5. The number of rotatable bonds is 3. The first-order chi connectivity index (χ1) is 9.45. The first-order valence-electron chi connectivity index (χ1n) is 6.99. The maximum atomic E-state index is 12.5. The van der Waals surface area contributed by atoms with Crippen LogP contribution in [0.15, 0.2) is 23.1 Å². The third kappa shape index (κ3) is 2.72. The monoisotopic (exact) mass is 314 g/mol. The molecule has 2 unspecified atom stereocenters. The molecule has 0 amide bonds. The molecule has 2 aliphatic rings. The summed E-state index contributed by atoms with van der Waals surface area (Å²) in [6.45, 7) is 1.74. The molecule has 2 heterocycles. The molecule has 1 aromatic rings. The van der Waals surface area contributed by atoms with Crippen molar-refractivity contribution in [2.75, 3.05) is 0 Å². The van der Waals surface area contributed by atoms with Gasteiger partial charge < -0.3 is 5.32 Å². The third-order valence-electron chi connectivity index (χ3n) is 4.30. The maximum Gasteiger partial charge on any atom is 0.241 e. The predicted molar refractivity (Wildman–Crippen MR) is 79.5 cm³/mol. The summed E-state index contributed by atoms with van der Waals surface area (Å²) in [7, 11) is -3.49. The summed E-state index contributed by atoms with van der Waals surface area (Å²) < 4.78 is 27.9. The molecule has 0 saturated carbocycles. The smallest absolute Gasteiger partial charge is 0.241 e. The van der Waals surface area contributed by atoms with E-state index in [4.69, 9.17) is 11.6 Å². The van der Waals surface area contributed by atoms with Gasteiger partial charge in [0.2, 0.25) is 10.0 Å². The Hall–Kier alpha value is -0.620. The molecular weight excluding hydrogens is 296 g/mol. The van der Waals surface area contributed by atoms with Gasteiger partial charge in [-0.2, -0.15) is 0 Å². The van der Waals surface area contributed by atoms with E-state index < -0.39 is 10.0 Å². The van der Waals surface area contributed by atoms with E-state index in [0.29, 0.717) is 22.7 Å². The largest absolute Gasteiger partial charge is 0.311 e. The Kier molecular flexibility index (Phi) is 3.79. The quantitative estimate of drug-likeness (QED) is 0.899. The lowest BCUT2D eigenvalue weighted by molar-refractivity contribution is 0.345. The first kappa shape index (κ1) is 14.3. The van der Waals surface area contributed by atoms with Gasteiger partial charge >= 0.3 is 0 Å². The first-order valence-corrected chi connectivity index (χ1v) is 8.85. The number of halogens is 1. The van der Waals surface area contributed by atoms with Crippen LogP contribution in [0, 0.1) is 6.92 Å². The summed E-state index contributed by atoms with van der Waals surface area (Å²) in [5.74, 6) is 0. The lowest BCUT2D eigenvalue weighted by Crippen LogP contribution is -2.48. The molecule has 2 atom stereocenters. The Morgan fingerprint density at radius 3 is 2.55 bits per heavy atom. The molecule has 2 saturated heterocycles. The number of nitrogens with one attached hydrogen (secondary N) is 2. The van der Waals surface area contributed by atoms with E-state index in [1.54, 1.807) is 25.1 Å². The van der Waals surface area contributed by atoms with Crippen LogP contribution in [0.25, 0.3) is 0 Å². The van der Waals surface area contributed by atoms with Crippen molar-refractivity contribution in [2.45, 2.75) is 55.6 Å². The van der Waals surface area contributed by atoms with Crippen LogP contribution in [-0.4, -0.2) is 26.5 Å². The van der Waals surface area contributed by atoms with Crippen molar-refractivity contribution in [2.24, 2.45) is 0 Å². The minimum atomic E-state index is -3.49. The Morgan fingerprint density at radius 2 is 1.90 bits per heavy atom. The van der Waals surface area contributed by atoms with Gasteiger partial charge in [0.1, 0.15) is 0 Å². The molecule has 3 rings (SSSR count). The second kappa shape index (κ2) is 5.30. The van der Waals surface area contributed by atoms with Crippen molar-refractivity contribution in [3.63, 3.8) is 0 Å². The number of piperidine rings is 1. The van der Waals surface area contributed by atoms with Crippen LogP contribution in [0.3, 0.4) is 0 Å². The molecular formula is C14H19ClN2O2S. The normalized spacial score (nSPS) is 29.6. The third-order valence-corrected chi connectivity index (χ3v) is 6.38. The van der Waals surface area contributed by atoms with Gasteiger partial charge in [-0.1, -0.05) is 17.7 Å². The average molecular weight is 315 g/mol. The fraction of sp³-hybridized carbons (Fsp3) is 0.571. The van der Waals surface area contributed by atoms with Crippen molar-refractivity contribution >= 4 is 21.6 Å². The van der Waals surface area contributed by atoms with Crippen molar-refractivity contribution in [1.29, 1.82) is 0 Å². The SMILES string of the molecule is Cc1c(Cl)cccc1S(=O)(=O)NC1CC2CCC(C1)N2. The van der Waals surface area contributed by atoms with Gasteiger partial charge in [0.25, 0.3) is 0 Å². The summed E-state index contributed by atoms with van der Waals surface area (Å²) in [5, 5.41) is 3.99. The van der Waals surface area contributed by atoms with Crippen LogP contribution >= 0.6 is 11.6 Å². The Balaban J connectivity index is 1.80. The van der Waals surface area contributed by atoms with Crippen LogP contribution in [0.1, 0.15) is 31.2 Å². The van der Waals surface area contributed by atoms with E-state index >= 15 is 0 Å². The van der Waals surface area contributed by atoms with Gasteiger partial charge in [-0.3, -0.25) is 0 Å². The topological polar surface area (TPSA) is 58.2 Å². The zero-order valence-corrected chi connectivity index (χ0v) is 13.0. The van der Waals surface area contributed by atoms with Crippen LogP contribution in [0.4, 0.5) is 0 Å². The zero-order chi connectivity index (χ0) is 14.3. The maximum absolute atomic E-state index is 12.5. The van der Waals surface area contributed by atoms with Gasteiger partial charge in [-0.15, -0.1) is 0 Å². The number of sulfonamides is 1. The molecule has 1 aromatic carbocycles. The molecule has 0 radical (unpaired) electrons. The van der Waals surface area contributed by atoms with Crippen molar-refractivity contribution in [3.05, 3.63) is 28.8 Å². The standard InChI is InChI=1S/C14H19ClN2O2S/c1-9-13(15)3-2-4-14(9)20(18,19)17-12-7-10-5-6-11(8-12)16-10/h2-4,10-12,16-17H,5-8H2,1H3. The minimum Gasteiger partial charge on any atom is -0.311 e. The van der Waals surface area contributed by atoms with E-state index in [0.717, 1.165) is 25.7 Å². The van der Waals surface area contributed by atoms with Crippen LogP contribution in [0.2, 0.25) is 5.02 Å². The van der Waals surface area contributed by atoms with Crippen molar-refractivity contribution < 1.29 is 8.42 Å². The fourth-order valence-electron chi connectivity index (χ4n) is 3.32. The summed E-state index contributed by atoms with van der Waals surface area (Å²) >= 11 is 6.02. The Labute approximate surface area is 125 Å². The average Bonchev–Trinajstić information content (AvgIpc) is 2.71. The van der Waals surface area contributed by atoms with Crippen LogP contribution < -0.4 is 10.0 Å². The van der Waals surface area contributed by atoms with Gasteiger partial charge in [-0.25, -0.2) is 13.1 Å². The fourth-order valence-corrected chi connectivity index (χ4v) is 5.07. The lowest BCUT2D eigenvalue weighted by atomic mass is 10.0. The molecule has 0 aliphatic carbocycles. The summed E-state index contributed by atoms with van der Waals surface area (Å²) in [6.07, 6.45) is 4.04. The second-order valence-corrected chi connectivity index (χ2v) is 7.88. The highest BCUT2D eigenvalue weighted by molar-refractivity contribution is 7.89. The van der Waals surface area contributed by atoms with Crippen molar-refractivity contribution in [3.8, 4) is 0 Å². The van der Waals surface area contributed by atoms with E-state index in [1.807, 2.05) is 0 Å². The summed E-state index contributed by atoms with van der Waals surface area (Å²) in [4.78, 5) is 0.288. The van der Waals surface area contributed by atoms with Crippen LogP contribution in [0.5, 0.6) is 0 Å². The molecule has 2 bridgehead atoms. The van der Waals surface area contributed by atoms with Gasteiger partial charge in [0, 0.05) is 23.1 Å². The summed E-state index contributed by atoms with van der Waals surface area (Å²) in [5.41, 5.74) is 0.610. The van der Waals surface area contributed by atoms with E-state index in [1.165, 1.54) is 0 Å². The van der Waals surface area contributed by atoms with Gasteiger partial charge in [0.15, 0.2) is 0 Å². The number of hydrogen-bond donors (Lipinski definition) is 2. The molecule has 0 spiro atoms. The van der Waals surface area contributed by atoms with E-state index in [2.05, 4.69) is 10.0 Å². The van der Waals surface area contributed by atoms with Gasteiger partial charge in [-0.05, 0) is 50.3 Å². The predicted octanol–water partition coefficient (Wildman–Crippen LogP) is 2.21. The van der Waals surface area contributed by atoms with Crippen molar-refractivity contribution in [1.82, 2.24) is 10.0 Å². The molecule has 2 fully saturated rings. The minimum absolute atomic E-state index is 0.0251. The van der Waals surface area contributed by atoms with Gasteiger partial charge in [0.05, 0.1) is 4.90 Å². The zero-order valence-electron chi connectivity index (χ0n) is 11.4. The second-order valence-electron chi connectivity index (χ2n) is 5.79. The van der Waals surface area contributed by atoms with E-state index in [9.17, 15) is 8.42 Å². The Morgan fingerprint density at radius 1 is 1.25 bits per heavy atom. The molecule has 2 N–H and O–H groups in total. The van der Waals surface area contributed by atoms with Crippen LogP contribution in [-0.2, 0) is 10.0 Å². The highest BCUT2D eigenvalue weighted by Crippen LogP contribution is 2.29. The molecule has 20 heavy (non-hydrogen) atoms.